The summed E-state index contributed by atoms with van der Waals surface area (Å²) in [6, 6.07) is 20.6. The number of benzene rings is 3. The highest BCUT2D eigenvalue weighted by molar-refractivity contribution is 5.90. The Hall–Kier alpha value is -2.68. The third-order valence-corrected chi connectivity index (χ3v) is 3.80. The highest BCUT2D eigenvalue weighted by Crippen LogP contribution is 2.36. The number of azo groups is 2. The van der Waals surface area contributed by atoms with Crippen molar-refractivity contribution in [1.82, 2.24) is 0 Å². The average molecular weight is 275 g/mol. The van der Waals surface area contributed by atoms with Crippen LogP contribution < -0.4 is 4.74 Å². The SMILES string of the molecule is Cc1cccc2c1OC[N+](c1cccc3ccccc13)=N2. The third kappa shape index (κ3) is 1.98. The van der Waals surface area contributed by atoms with Crippen LogP contribution in [0.15, 0.2) is 65.8 Å². The number of fused-ring (bicyclic) bond motifs is 2. The van der Waals surface area contributed by atoms with Gasteiger partial charge in [-0.25, -0.2) is 0 Å². The Balaban J connectivity index is 1.91. The summed E-state index contributed by atoms with van der Waals surface area (Å²) in [4.78, 5) is 0. The molecule has 4 rings (SSSR count). The smallest absolute Gasteiger partial charge is 0.317 e. The molecule has 0 fully saturated rings. The molecule has 3 nitrogen and oxygen atoms in total. The standard InChI is InChI=1S/C18H15N2O/c1-13-6-4-10-16-18(13)21-12-20(19-16)17-11-5-8-14-7-2-3-9-15(14)17/h2-11H,12H2,1H3/q+1. The maximum atomic E-state index is 5.90. The maximum Gasteiger partial charge on any atom is 0.317 e. The number of rotatable bonds is 1. The first kappa shape index (κ1) is 12.1. The number of aryl methyl sites for hydroxylation is 1. The Bertz CT molecular complexity index is 863. The zero-order chi connectivity index (χ0) is 14.2. The summed E-state index contributed by atoms with van der Waals surface area (Å²) < 4.78 is 7.82. The molecule has 0 aromatic heterocycles. The maximum absolute atomic E-state index is 5.90. The molecular weight excluding hydrogens is 260 g/mol. The van der Waals surface area contributed by atoms with Crippen LogP contribution >= 0.6 is 0 Å². The van der Waals surface area contributed by atoms with E-state index in [1.807, 2.05) is 29.8 Å². The quantitative estimate of drug-likeness (QED) is 0.578. The molecule has 1 aliphatic rings. The second kappa shape index (κ2) is 4.70. The number of para-hydroxylation sites is 1. The fourth-order valence-electron chi connectivity index (χ4n) is 2.74. The molecule has 3 aromatic carbocycles. The van der Waals surface area contributed by atoms with Gasteiger partial charge in [0.1, 0.15) is 0 Å². The van der Waals surface area contributed by atoms with Crippen molar-refractivity contribution in [2.24, 2.45) is 5.11 Å². The first-order valence-corrected chi connectivity index (χ1v) is 7.02. The van der Waals surface area contributed by atoms with E-state index in [2.05, 4.69) is 42.5 Å². The zero-order valence-electron chi connectivity index (χ0n) is 11.8. The topological polar surface area (TPSA) is 24.6 Å². The van der Waals surface area contributed by atoms with Gasteiger partial charge in [0, 0.05) is 11.2 Å². The molecule has 1 aliphatic heterocycles. The van der Waals surface area contributed by atoms with Gasteiger partial charge >= 0.3 is 6.73 Å². The Kier molecular flexibility index (Phi) is 2.71. The third-order valence-electron chi connectivity index (χ3n) is 3.80. The van der Waals surface area contributed by atoms with Crippen LogP contribution in [0.4, 0.5) is 11.4 Å². The van der Waals surface area contributed by atoms with E-state index in [1.54, 1.807) is 0 Å². The Morgan fingerprint density at radius 3 is 2.71 bits per heavy atom. The molecular formula is C18H15N2O+. The molecule has 3 aromatic rings. The van der Waals surface area contributed by atoms with Gasteiger partial charge in [-0.15, -0.1) is 0 Å². The molecule has 21 heavy (non-hydrogen) atoms. The summed E-state index contributed by atoms with van der Waals surface area (Å²) >= 11 is 0. The summed E-state index contributed by atoms with van der Waals surface area (Å²) in [6.07, 6.45) is 0. The molecule has 0 amide bonds. The number of nitrogens with zero attached hydrogens (tertiary/aromatic N) is 2. The van der Waals surface area contributed by atoms with Gasteiger partial charge in [0.15, 0.2) is 11.4 Å². The Morgan fingerprint density at radius 2 is 1.76 bits per heavy atom. The minimum Gasteiger partial charge on any atom is -0.431 e. The summed E-state index contributed by atoms with van der Waals surface area (Å²) in [6.45, 7) is 2.48. The van der Waals surface area contributed by atoms with Crippen molar-refractivity contribution >= 4 is 22.1 Å². The zero-order valence-corrected chi connectivity index (χ0v) is 11.8. The van der Waals surface area contributed by atoms with Crippen molar-refractivity contribution < 1.29 is 9.43 Å². The van der Waals surface area contributed by atoms with E-state index in [9.17, 15) is 0 Å². The highest BCUT2D eigenvalue weighted by atomic mass is 16.5. The van der Waals surface area contributed by atoms with E-state index in [-0.39, 0.29) is 0 Å². The van der Waals surface area contributed by atoms with Gasteiger partial charge < -0.3 is 4.74 Å². The van der Waals surface area contributed by atoms with Crippen molar-refractivity contribution in [3.8, 4) is 5.75 Å². The van der Waals surface area contributed by atoms with Gasteiger partial charge in [-0.2, -0.15) is 0 Å². The summed E-state index contributed by atoms with van der Waals surface area (Å²) in [5, 5.41) is 7.13. The summed E-state index contributed by atoms with van der Waals surface area (Å²) in [5.41, 5.74) is 3.07. The number of hydrogen-bond donors (Lipinski definition) is 0. The molecule has 3 heteroatoms. The van der Waals surface area contributed by atoms with Crippen molar-refractivity contribution in [2.75, 3.05) is 6.73 Å². The van der Waals surface area contributed by atoms with Gasteiger partial charge in [0.25, 0.3) is 0 Å². The Labute approximate surface area is 123 Å². The van der Waals surface area contributed by atoms with Crippen LogP contribution in [0.3, 0.4) is 0 Å². The lowest BCUT2D eigenvalue weighted by atomic mass is 10.1. The van der Waals surface area contributed by atoms with Gasteiger partial charge in [-0.3, -0.25) is 0 Å². The van der Waals surface area contributed by atoms with E-state index >= 15 is 0 Å². The lowest BCUT2D eigenvalue weighted by molar-refractivity contribution is -0.543. The normalized spacial score (nSPS) is 13.5. The van der Waals surface area contributed by atoms with Crippen LogP contribution in [0.25, 0.3) is 10.8 Å². The number of hydrogen-bond acceptors (Lipinski definition) is 2. The molecule has 0 spiro atoms. The van der Waals surface area contributed by atoms with Gasteiger partial charge in [0.05, 0.1) is 5.39 Å². The summed E-state index contributed by atoms with van der Waals surface area (Å²) in [5.74, 6) is 0.883. The minimum atomic E-state index is 0.436. The molecule has 0 unspecified atom stereocenters. The van der Waals surface area contributed by atoms with E-state index in [0.717, 1.165) is 22.7 Å². The second-order valence-electron chi connectivity index (χ2n) is 5.19. The van der Waals surface area contributed by atoms with Crippen LogP contribution in [0.2, 0.25) is 0 Å². The predicted molar refractivity (Wildman–Crippen MR) is 82.6 cm³/mol. The van der Waals surface area contributed by atoms with Crippen LogP contribution in [0.5, 0.6) is 5.75 Å². The van der Waals surface area contributed by atoms with Crippen molar-refractivity contribution in [2.45, 2.75) is 6.92 Å². The van der Waals surface area contributed by atoms with Crippen molar-refractivity contribution in [1.29, 1.82) is 0 Å². The molecule has 0 atom stereocenters. The van der Waals surface area contributed by atoms with Gasteiger partial charge in [0.2, 0.25) is 5.69 Å². The van der Waals surface area contributed by atoms with Crippen LogP contribution in [-0.2, 0) is 0 Å². The first-order valence-electron chi connectivity index (χ1n) is 7.02. The average Bonchev–Trinajstić information content (AvgIpc) is 2.54. The van der Waals surface area contributed by atoms with E-state index in [4.69, 9.17) is 9.85 Å². The van der Waals surface area contributed by atoms with Gasteiger partial charge in [-0.05, 0) is 34.7 Å². The predicted octanol–water partition coefficient (Wildman–Crippen LogP) is 4.93. The monoisotopic (exact) mass is 275 g/mol. The minimum absolute atomic E-state index is 0.436. The largest absolute Gasteiger partial charge is 0.431 e. The summed E-state index contributed by atoms with van der Waals surface area (Å²) in [7, 11) is 0. The highest BCUT2D eigenvalue weighted by Gasteiger charge is 2.23. The van der Waals surface area contributed by atoms with Crippen LogP contribution in [0, 0.1) is 6.92 Å². The van der Waals surface area contributed by atoms with E-state index in [1.165, 1.54) is 10.8 Å². The van der Waals surface area contributed by atoms with Crippen molar-refractivity contribution in [3.63, 3.8) is 0 Å². The van der Waals surface area contributed by atoms with E-state index in [0.29, 0.717) is 6.73 Å². The van der Waals surface area contributed by atoms with Crippen molar-refractivity contribution in [3.05, 3.63) is 66.2 Å². The molecule has 0 saturated heterocycles. The van der Waals surface area contributed by atoms with Crippen LogP contribution in [-0.4, -0.2) is 11.4 Å². The second-order valence-corrected chi connectivity index (χ2v) is 5.19. The lowest BCUT2D eigenvalue weighted by Gasteiger charge is -2.13. The molecule has 0 radical (unpaired) electrons. The molecule has 0 saturated carbocycles. The van der Waals surface area contributed by atoms with Crippen LogP contribution in [0.1, 0.15) is 5.56 Å². The molecule has 0 aliphatic carbocycles. The first-order chi connectivity index (χ1) is 10.3. The molecule has 1 heterocycles. The fourth-order valence-corrected chi connectivity index (χ4v) is 2.74. The van der Waals surface area contributed by atoms with Gasteiger partial charge in [-0.1, -0.05) is 42.5 Å². The lowest BCUT2D eigenvalue weighted by Crippen LogP contribution is -2.15. The number of ether oxygens (including phenoxy) is 1. The fraction of sp³-hybridized carbons (Fsp3) is 0.111. The van der Waals surface area contributed by atoms with E-state index < -0.39 is 0 Å². The molecule has 0 N–H and O–H groups in total. The molecule has 0 bridgehead atoms. The molecule has 102 valence electrons. The Morgan fingerprint density at radius 1 is 0.952 bits per heavy atom.